The maximum absolute atomic E-state index is 3.75. The second kappa shape index (κ2) is 5.36. The van der Waals surface area contributed by atoms with Crippen molar-refractivity contribution in [3.63, 3.8) is 0 Å². The van der Waals surface area contributed by atoms with Crippen molar-refractivity contribution in [3.8, 4) is 0 Å². The van der Waals surface area contributed by atoms with Gasteiger partial charge in [0.05, 0.1) is 0 Å². The number of hydrogen-bond acceptors (Lipinski definition) is 2. The van der Waals surface area contributed by atoms with Gasteiger partial charge in [0.25, 0.3) is 0 Å². The molecule has 1 saturated carbocycles. The number of halogens is 1. The van der Waals surface area contributed by atoms with E-state index in [1.807, 2.05) is 0 Å². The molecular formula is C13H25BrN2. The zero-order valence-corrected chi connectivity index (χ0v) is 12.3. The highest BCUT2D eigenvalue weighted by atomic mass is 79.9. The van der Waals surface area contributed by atoms with Crippen molar-refractivity contribution >= 4 is 15.9 Å². The van der Waals surface area contributed by atoms with E-state index in [4.69, 9.17) is 0 Å². The lowest BCUT2D eigenvalue weighted by atomic mass is 9.88. The third kappa shape index (κ3) is 2.80. The molecule has 0 N–H and O–H groups in total. The third-order valence-corrected chi connectivity index (χ3v) is 5.67. The van der Waals surface area contributed by atoms with Gasteiger partial charge in [0.15, 0.2) is 0 Å². The molecule has 0 amide bonds. The van der Waals surface area contributed by atoms with Gasteiger partial charge in [0.1, 0.15) is 0 Å². The van der Waals surface area contributed by atoms with Crippen LogP contribution in [-0.4, -0.2) is 54.9 Å². The van der Waals surface area contributed by atoms with Gasteiger partial charge in [0, 0.05) is 24.5 Å². The quantitative estimate of drug-likeness (QED) is 0.734. The fraction of sp³-hybridized carbons (Fsp3) is 1.00. The van der Waals surface area contributed by atoms with Crippen molar-refractivity contribution in [2.75, 3.05) is 39.1 Å². The number of hydrogen-bond donors (Lipinski definition) is 0. The number of likely N-dealkylation sites (tertiary alicyclic amines) is 1. The van der Waals surface area contributed by atoms with Gasteiger partial charge >= 0.3 is 0 Å². The highest BCUT2D eigenvalue weighted by molar-refractivity contribution is 9.09. The summed E-state index contributed by atoms with van der Waals surface area (Å²) in [6.45, 7) is 3.90. The molecule has 16 heavy (non-hydrogen) atoms. The van der Waals surface area contributed by atoms with Gasteiger partial charge in [-0.2, -0.15) is 0 Å². The van der Waals surface area contributed by atoms with E-state index < -0.39 is 0 Å². The monoisotopic (exact) mass is 288 g/mol. The fourth-order valence-corrected chi connectivity index (χ4v) is 4.05. The van der Waals surface area contributed by atoms with Crippen LogP contribution in [0.1, 0.15) is 32.1 Å². The van der Waals surface area contributed by atoms with Crippen molar-refractivity contribution in [2.45, 2.75) is 38.1 Å². The molecule has 3 heteroatoms. The van der Waals surface area contributed by atoms with E-state index in [1.165, 1.54) is 57.1 Å². The summed E-state index contributed by atoms with van der Waals surface area (Å²) in [5.41, 5.74) is 0.598. The molecule has 0 aromatic rings. The summed E-state index contributed by atoms with van der Waals surface area (Å²) in [6, 6.07) is 0.786. The van der Waals surface area contributed by atoms with Crippen LogP contribution in [0.5, 0.6) is 0 Å². The van der Waals surface area contributed by atoms with Gasteiger partial charge in [-0.05, 0) is 45.3 Å². The second-order valence-electron chi connectivity index (χ2n) is 5.98. The zero-order chi connectivity index (χ0) is 11.6. The molecule has 2 nitrogen and oxygen atoms in total. The average Bonchev–Trinajstić information content (AvgIpc) is 2.88. The van der Waals surface area contributed by atoms with Gasteiger partial charge in [-0.15, -0.1) is 0 Å². The summed E-state index contributed by atoms with van der Waals surface area (Å²) >= 11 is 3.75. The predicted molar refractivity (Wildman–Crippen MR) is 73.2 cm³/mol. The van der Waals surface area contributed by atoms with Gasteiger partial charge in [-0.3, -0.25) is 0 Å². The maximum atomic E-state index is 3.75. The van der Waals surface area contributed by atoms with E-state index in [0.29, 0.717) is 5.41 Å². The van der Waals surface area contributed by atoms with Crippen LogP contribution in [0.25, 0.3) is 0 Å². The third-order valence-electron chi connectivity index (χ3n) is 4.48. The fourth-order valence-electron chi connectivity index (χ4n) is 3.31. The molecule has 0 aromatic carbocycles. The summed E-state index contributed by atoms with van der Waals surface area (Å²) < 4.78 is 0. The minimum Gasteiger partial charge on any atom is -0.305 e. The maximum Gasteiger partial charge on any atom is 0.0229 e. The molecule has 1 unspecified atom stereocenters. The van der Waals surface area contributed by atoms with Crippen LogP contribution in [-0.2, 0) is 0 Å². The van der Waals surface area contributed by atoms with Crippen molar-refractivity contribution in [3.05, 3.63) is 0 Å². The Balaban J connectivity index is 1.86. The van der Waals surface area contributed by atoms with Gasteiger partial charge in [0.2, 0.25) is 0 Å². The summed E-state index contributed by atoms with van der Waals surface area (Å²) in [7, 11) is 4.42. The van der Waals surface area contributed by atoms with Gasteiger partial charge < -0.3 is 9.80 Å². The Labute approximate surface area is 108 Å². The van der Waals surface area contributed by atoms with Crippen molar-refractivity contribution in [1.29, 1.82) is 0 Å². The van der Waals surface area contributed by atoms with Crippen LogP contribution in [0.2, 0.25) is 0 Å². The topological polar surface area (TPSA) is 6.48 Å². The zero-order valence-electron chi connectivity index (χ0n) is 10.7. The SMILES string of the molecule is CN(C)C1CCN(CC2(CBr)CCCC2)C1. The molecule has 0 radical (unpaired) electrons. The normalized spacial score (nSPS) is 30.4. The van der Waals surface area contributed by atoms with Crippen molar-refractivity contribution in [1.82, 2.24) is 9.80 Å². The second-order valence-corrected chi connectivity index (χ2v) is 6.54. The van der Waals surface area contributed by atoms with E-state index >= 15 is 0 Å². The Kier molecular flexibility index (Phi) is 4.31. The molecular weight excluding hydrogens is 264 g/mol. The summed E-state index contributed by atoms with van der Waals surface area (Å²) in [4.78, 5) is 5.08. The van der Waals surface area contributed by atoms with Gasteiger partial charge in [-0.25, -0.2) is 0 Å². The van der Waals surface area contributed by atoms with Crippen LogP contribution >= 0.6 is 15.9 Å². The Hall–Kier alpha value is 0.400. The molecule has 0 bridgehead atoms. The minimum atomic E-state index is 0.598. The highest BCUT2D eigenvalue weighted by Gasteiger charge is 2.36. The minimum absolute atomic E-state index is 0.598. The molecule has 2 aliphatic rings. The Morgan fingerprint density at radius 2 is 2.00 bits per heavy atom. The average molecular weight is 289 g/mol. The van der Waals surface area contributed by atoms with E-state index in [-0.39, 0.29) is 0 Å². The molecule has 1 saturated heterocycles. The molecule has 0 spiro atoms. The van der Waals surface area contributed by atoms with E-state index in [1.54, 1.807) is 0 Å². The smallest absolute Gasteiger partial charge is 0.0229 e. The van der Waals surface area contributed by atoms with E-state index in [0.717, 1.165) is 6.04 Å². The van der Waals surface area contributed by atoms with E-state index in [9.17, 15) is 0 Å². The lowest BCUT2D eigenvalue weighted by molar-refractivity contribution is 0.188. The molecule has 1 atom stereocenters. The van der Waals surface area contributed by atoms with Crippen molar-refractivity contribution < 1.29 is 0 Å². The van der Waals surface area contributed by atoms with Crippen LogP contribution in [0.4, 0.5) is 0 Å². The first kappa shape index (κ1) is 12.8. The van der Waals surface area contributed by atoms with Crippen LogP contribution in [0, 0.1) is 5.41 Å². The Bertz CT molecular complexity index is 224. The van der Waals surface area contributed by atoms with Crippen LogP contribution in [0.15, 0.2) is 0 Å². The molecule has 1 aliphatic carbocycles. The van der Waals surface area contributed by atoms with E-state index in [2.05, 4.69) is 39.8 Å². The van der Waals surface area contributed by atoms with Crippen LogP contribution < -0.4 is 0 Å². The van der Waals surface area contributed by atoms with Crippen molar-refractivity contribution in [2.24, 2.45) is 5.41 Å². The standard InChI is InChI=1S/C13H25BrN2/c1-15(2)12-5-8-16(9-12)11-13(10-14)6-3-4-7-13/h12H,3-11H2,1-2H3. The Morgan fingerprint density at radius 1 is 1.31 bits per heavy atom. The summed E-state index contributed by atoms with van der Waals surface area (Å²) in [5, 5.41) is 1.20. The first-order valence-electron chi connectivity index (χ1n) is 6.60. The number of likely N-dealkylation sites (N-methyl/N-ethyl adjacent to an activating group) is 1. The molecule has 0 aromatic heterocycles. The molecule has 1 aliphatic heterocycles. The summed E-state index contributed by atoms with van der Waals surface area (Å²) in [5.74, 6) is 0. The molecule has 1 heterocycles. The largest absolute Gasteiger partial charge is 0.305 e. The number of nitrogens with zero attached hydrogens (tertiary/aromatic N) is 2. The molecule has 2 fully saturated rings. The highest BCUT2D eigenvalue weighted by Crippen LogP contribution is 2.40. The van der Waals surface area contributed by atoms with Crippen LogP contribution in [0.3, 0.4) is 0 Å². The molecule has 2 rings (SSSR count). The predicted octanol–water partition coefficient (Wildman–Crippen LogP) is 2.58. The lowest BCUT2D eigenvalue weighted by Crippen LogP contribution is -2.38. The molecule has 94 valence electrons. The first-order valence-corrected chi connectivity index (χ1v) is 7.72. The lowest BCUT2D eigenvalue weighted by Gasteiger charge is -2.32. The first-order chi connectivity index (χ1) is 7.65. The van der Waals surface area contributed by atoms with Gasteiger partial charge in [-0.1, -0.05) is 28.8 Å². The summed E-state index contributed by atoms with van der Waals surface area (Å²) in [6.07, 6.45) is 7.10. The Morgan fingerprint density at radius 3 is 2.50 bits per heavy atom. The number of rotatable bonds is 4. The number of alkyl halides is 1.